The van der Waals surface area contributed by atoms with Gasteiger partial charge in [-0.1, -0.05) is 41.6 Å². The number of nitro benzene ring substituents is 1. The molecule has 0 radical (unpaired) electrons. The normalized spacial score (nSPS) is 14.9. The molecule has 0 atom stereocenters. The van der Waals surface area contributed by atoms with E-state index < -0.39 is 4.92 Å². The predicted molar refractivity (Wildman–Crippen MR) is 126 cm³/mol. The van der Waals surface area contributed by atoms with Gasteiger partial charge in [0.1, 0.15) is 22.4 Å². The Balaban J connectivity index is 1.42. The first-order valence-corrected chi connectivity index (χ1v) is 10.9. The van der Waals surface area contributed by atoms with E-state index in [0.717, 1.165) is 11.1 Å². The highest BCUT2D eigenvalue weighted by molar-refractivity contribution is 8.26. The van der Waals surface area contributed by atoms with Crippen LogP contribution in [-0.4, -0.2) is 20.1 Å². The molecule has 0 spiro atoms. The van der Waals surface area contributed by atoms with Crippen LogP contribution in [0.1, 0.15) is 16.9 Å². The summed E-state index contributed by atoms with van der Waals surface area (Å²) in [5, 5.41) is 11.1. The predicted octanol–water partition coefficient (Wildman–Crippen LogP) is 5.82. The highest BCUT2D eigenvalue weighted by Gasteiger charge is 2.32. The Morgan fingerprint density at radius 1 is 1.22 bits per heavy atom. The van der Waals surface area contributed by atoms with Gasteiger partial charge >= 0.3 is 0 Å². The number of hydrogen-bond donors (Lipinski definition) is 0. The molecule has 0 aliphatic carbocycles. The monoisotopic (exact) mass is 486 g/mol. The summed E-state index contributed by atoms with van der Waals surface area (Å²) in [5.41, 5.74) is 1.53. The molecular formula is C22H15ClN2O5S2. The number of carbonyl (C=O) groups excluding carboxylic acids is 1. The molecule has 7 nitrogen and oxygen atoms in total. The minimum absolute atomic E-state index is 0.0192. The standard InChI is InChI=1S/C22H15ClN2O5S2/c23-18-10-15(5-8-19(18)30-13-14-3-6-16(7-4-14)25(27)28)11-20-21(26)24(22(31)32-20)12-17-2-1-9-29-17/h1-11H,12-13H2/b20-11-. The molecule has 4 rings (SSSR count). The zero-order chi connectivity index (χ0) is 22.7. The SMILES string of the molecule is O=C1/C(=C/c2ccc(OCc3ccc([N+](=O)[O-])cc3)c(Cl)c2)SC(=S)N1Cc1ccco1. The Bertz CT molecular complexity index is 1210. The van der Waals surface area contributed by atoms with Gasteiger partial charge in [-0.2, -0.15) is 0 Å². The molecule has 0 unspecified atom stereocenters. The molecule has 1 aromatic heterocycles. The van der Waals surface area contributed by atoms with Crippen LogP contribution in [-0.2, 0) is 17.9 Å². The summed E-state index contributed by atoms with van der Waals surface area (Å²) < 4.78 is 11.5. The van der Waals surface area contributed by atoms with Crippen LogP contribution in [0.3, 0.4) is 0 Å². The second-order valence-corrected chi connectivity index (χ2v) is 8.83. The van der Waals surface area contributed by atoms with Crippen LogP contribution < -0.4 is 4.74 Å². The van der Waals surface area contributed by atoms with Crippen molar-refractivity contribution in [1.82, 2.24) is 4.90 Å². The number of halogens is 1. The van der Waals surface area contributed by atoms with Gasteiger partial charge in [0.2, 0.25) is 0 Å². The summed E-state index contributed by atoms with van der Waals surface area (Å²) in [7, 11) is 0. The van der Waals surface area contributed by atoms with E-state index in [1.54, 1.807) is 54.8 Å². The van der Waals surface area contributed by atoms with Crippen molar-refractivity contribution in [3.05, 3.63) is 97.8 Å². The number of non-ortho nitro benzene ring substituents is 1. The molecule has 0 saturated carbocycles. The number of furan rings is 1. The quantitative estimate of drug-likeness (QED) is 0.180. The number of amides is 1. The van der Waals surface area contributed by atoms with Crippen LogP contribution in [0.2, 0.25) is 5.02 Å². The van der Waals surface area contributed by atoms with E-state index in [9.17, 15) is 14.9 Å². The van der Waals surface area contributed by atoms with Gasteiger partial charge in [0.05, 0.1) is 27.7 Å². The fourth-order valence-corrected chi connectivity index (χ4v) is 4.44. The van der Waals surface area contributed by atoms with Gasteiger partial charge in [0.25, 0.3) is 11.6 Å². The molecule has 10 heteroatoms. The van der Waals surface area contributed by atoms with Crippen LogP contribution in [0, 0.1) is 10.1 Å². The second-order valence-electron chi connectivity index (χ2n) is 6.75. The van der Waals surface area contributed by atoms with Crippen molar-refractivity contribution in [2.45, 2.75) is 13.2 Å². The Hall–Kier alpha value is -3.14. The maximum Gasteiger partial charge on any atom is 0.269 e. The second kappa shape index (κ2) is 9.56. The van der Waals surface area contributed by atoms with Crippen molar-refractivity contribution in [1.29, 1.82) is 0 Å². The Kier molecular flexibility index (Phi) is 6.59. The van der Waals surface area contributed by atoms with Crippen molar-refractivity contribution in [3.63, 3.8) is 0 Å². The minimum Gasteiger partial charge on any atom is -0.487 e. The maximum absolute atomic E-state index is 12.7. The van der Waals surface area contributed by atoms with Crippen molar-refractivity contribution >= 4 is 57.6 Å². The van der Waals surface area contributed by atoms with E-state index in [0.29, 0.717) is 25.8 Å². The molecule has 0 N–H and O–H groups in total. The van der Waals surface area contributed by atoms with Crippen molar-refractivity contribution < 1.29 is 18.9 Å². The fourth-order valence-electron chi connectivity index (χ4n) is 2.94. The number of ether oxygens (including phenoxy) is 1. The van der Waals surface area contributed by atoms with Crippen LogP contribution in [0.15, 0.2) is 70.2 Å². The lowest BCUT2D eigenvalue weighted by Crippen LogP contribution is -2.27. The largest absolute Gasteiger partial charge is 0.487 e. The van der Waals surface area contributed by atoms with Crippen molar-refractivity contribution in [3.8, 4) is 5.75 Å². The third-order valence-corrected chi connectivity index (χ3v) is 6.24. The van der Waals surface area contributed by atoms with Crippen molar-refractivity contribution in [2.75, 3.05) is 0 Å². The topological polar surface area (TPSA) is 85.8 Å². The van der Waals surface area contributed by atoms with E-state index in [1.165, 1.54) is 28.8 Å². The number of nitro groups is 1. The molecule has 1 aliphatic heterocycles. The smallest absolute Gasteiger partial charge is 0.269 e. The summed E-state index contributed by atoms with van der Waals surface area (Å²) in [6.45, 7) is 0.494. The van der Waals surface area contributed by atoms with E-state index in [1.807, 2.05) is 0 Å². The van der Waals surface area contributed by atoms with E-state index in [-0.39, 0.29) is 24.7 Å². The van der Waals surface area contributed by atoms with Gasteiger partial charge in [-0.25, -0.2) is 0 Å². The third kappa shape index (κ3) is 5.01. The molecule has 1 amide bonds. The highest BCUT2D eigenvalue weighted by Crippen LogP contribution is 2.35. The molecule has 1 fully saturated rings. The molecule has 162 valence electrons. The van der Waals surface area contributed by atoms with Gasteiger partial charge in [-0.3, -0.25) is 19.8 Å². The summed E-state index contributed by atoms with van der Waals surface area (Å²) in [6, 6.07) is 14.9. The molecule has 0 bridgehead atoms. The van der Waals surface area contributed by atoms with E-state index in [4.69, 9.17) is 33.0 Å². The fraction of sp³-hybridized carbons (Fsp3) is 0.0909. The molecule has 1 saturated heterocycles. The molecule has 3 aromatic rings. The van der Waals surface area contributed by atoms with Gasteiger partial charge in [0, 0.05) is 12.1 Å². The first-order chi connectivity index (χ1) is 15.4. The summed E-state index contributed by atoms with van der Waals surface area (Å²) in [5.74, 6) is 0.929. The minimum atomic E-state index is -0.453. The van der Waals surface area contributed by atoms with Crippen LogP contribution in [0.25, 0.3) is 6.08 Å². The lowest BCUT2D eigenvalue weighted by Gasteiger charge is -2.12. The van der Waals surface area contributed by atoms with Gasteiger partial charge in [-0.05, 0) is 53.6 Å². The number of thioether (sulfide) groups is 1. The average Bonchev–Trinajstić information content (AvgIpc) is 3.38. The number of rotatable bonds is 7. The van der Waals surface area contributed by atoms with Crippen LogP contribution in [0.5, 0.6) is 5.75 Å². The summed E-state index contributed by atoms with van der Waals surface area (Å²) >= 11 is 12.9. The number of carbonyl (C=O) groups is 1. The first-order valence-electron chi connectivity index (χ1n) is 9.34. The number of benzene rings is 2. The van der Waals surface area contributed by atoms with Crippen molar-refractivity contribution in [2.24, 2.45) is 0 Å². The molecule has 2 aromatic carbocycles. The number of hydrogen-bond acceptors (Lipinski definition) is 7. The van der Waals surface area contributed by atoms with E-state index >= 15 is 0 Å². The van der Waals surface area contributed by atoms with E-state index in [2.05, 4.69) is 0 Å². The first kappa shape index (κ1) is 22.1. The lowest BCUT2D eigenvalue weighted by molar-refractivity contribution is -0.384. The lowest BCUT2D eigenvalue weighted by atomic mass is 10.2. The van der Waals surface area contributed by atoms with Gasteiger partial charge < -0.3 is 9.15 Å². The molecular weight excluding hydrogens is 472 g/mol. The Morgan fingerprint density at radius 2 is 2.00 bits per heavy atom. The highest BCUT2D eigenvalue weighted by atomic mass is 35.5. The summed E-state index contributed by atoms with van der Waals surface area (Å²) in [6.07, 6.45) is 3.28. The molecule has 1 aliphatic rings. The molecule has 32 heavy (non-hydrogen) atoms. The zero-order valence-electron chi connectivity index (χ0n) is 16.4. The number of thiocarbonyl (C=S) groups is 1. The summed E-state index contributed by atoms with van der Waals surface area (Å²) in [4.78, 5) is 25.0. The average molecular weight is 487 g/mol. The number of nitrogens with zero attached hydrogens (tertiary/aromatic N) is 2. The van der Waals surface area contributed by atoms with Crippen LogP contribution >= 0.6 is 35.6 Å². The van der Waals surface area contributed by atoms with Gasteiger partial charge in [-0.15, -0.1) is 0 Å². The van der Waals surface area contributed by atoms with Crippen LogP contribution in [0.4, 0.5) is 5.69 Å². The molecule has 2 heterocycles. The zero-order valence-corrected chi connectivity index (χ0v) is 18.8. The Labute approximate surface area is 197 Å². The maximum atomic E-state index is 12.7. The Morgan fingerprint density at radius 3 is 2.66 bits per heavy atom. The third-order valence-electron chi connectivity index (χ3n) is 4.56. The van der Waals surface area contributed by atoms with Gasteiger partial charge in [0.15, 0.2) is 0 Å².